The van der Waals surface area contributed by atoms with Crippen LogP contribution in [-0.2, 0) is 0 Å². The first-order chi connectivity index (χ1) is 9.95. The van der Waals surface area contributed by atoms with E-state index in [0.29, 0.717) is 5.54 Å². The third-order valence-corrected chi connectivity index (χ3v) is 4.07. The summed E-state index contributed by atoms with van der Waals surface area (Å²) in [6.07, 6.45) is 1.06. The van der Waals surface area contributed by atoms with E-state index in [1.165, 1.54) is 13.1 Å². The third-order valence-electron chi connectivity index (χ3n) is 4.07. The van der Waals surface area contributed by atoms with Crippen LogP contribution in [0.3, 0.4) is 0 Å². The van der Waals surface area contributed by atoms with E-state index in [0.717, 1.165) is 44.1 Å². The average molecular weight is 291 g/mol. The van der Waals surface area contributed by atoms with E-state index >= 15 is 0 Å². The van der Waals surface area contributed by atoms with Gasteiger partial charge in [0.1, 0.15) is 5.75 Å². The quantitative estimate of drug-likeness (QED) is 0.668. The molecule has 2 N–H and O–H groups in total. The standard InChI is InChI=1S/C17H29N3O/c1-17(2,3)20-11-9-19(10-12-20)8-5-13-21-16-7-4-6-15(18)14-16/h4,6-7,14H,5,8-13,18H2,1-3H3. The van der Waals surface area contributed by atoms with Gasteiger partial charge in [-0.25, -0.2) is 0 Å². The van der Waals surface area contributed by atoms with Gasteiger partial charge in [-0.2, -0.15) is 0 Å². The maximum Gasteiger partial charge on any atom is 0.121 e. The molecule has 21 heavy (non-hydrogen) atoms. The van der Waals surface area contributed by atoms with Crippen molar-refractivity contribution in [2.24, 2.45) is 0 Å². The zero-order valence-corrected chi connectivity index (χ0v) is 13.6. The summed E-state index contributed by atoms with van der Waals surface area (Å²) in [5, 5.41) is 0. The van der Waals surface area contributed by atoms with E-state index in [1.54, 1.807) is 0 Å². The first-order valence-corrected chi connectivity index (χ1v) is 7.91. The Morgan fingerprint density at radius 2 is 1.86 bits per heavy atom. The molecule has 1 saturated heterocycles. The lowest BCUT2D eigenvalue weighted by molar-refractivity contribution is 0.0601. The minimum Gasteiger partial charge on any atom is -0.493 e. The van der Waals surface area contributed by atoms with Crippen LogP contribution >= 0.6 is 0 Å². The Morgan fingerprint density at radius 1 is 1.14 bits per heavy atom. The van der Waals surface area contributed by atoms with E-state index in [9.17, 15) is 0 Å². The highest BCUT2D eigenvalue weighted by atomic mass is 16.5. The van der Waals surface area contributed by atoms with Crippen molar-refractivity contribution >= 4 is 5.69 Å². The van der Waals surface area contributed by atoms with E-state index < -0.39 is 0 Å². The third kappa shape index (κ3) is 5.21. The number of anilines is 1. The van der Waals surface area contributed by atoms with Crippen LogP contribution in [0.1, 0.15) is 27.2 Å². The van der Waals surface area contributed by atoms with Gasteiger partial charge in [-0.3, -0.25) is 4.90 Å². The molecule has 1 aliphatic rings. The largest absolute Gasteiger partial charge is 0.493 e. The second-order valence-electron chi connectivity index (χ2n) is 6.77. The van der Waals surface area contributed by atoms with Gasteiger partial charge < -0.3 is 15.4 Å². The van der Waals surface area contributed by atoms with Gasteiger partial charge in [0.25, 0.3) is 0 Å². The summed E-state index contributed by atoms with van der Waals surface area (Å²) in [6.45, 7) is 13.4. The number of nitrogens with zero attached hydrogens (tertiary/aromatic N) is 2. The Labute approximate surface area is 128 Å². The summed E-state index contributed by atoms with van der Waals surface area (Å²) in [5.74, 6) is 0.868. The fraction of sp³-hybridized carbons (Fsp3) is 0.647. The summed E-state index contributed by atoms with van der Waals surface area (Å²) < 4.78 is 5.74. The van der Waals surface area contributed by atoms with Crippen LogP contribution in [0.25, 0.3) is 0 Å². The van der Waals surface area contributed by atoms with E-state index in [-0.39, 0.29) is 0 Å². The molecule has 1 aliphatic heterocycles. The molecular weight excluding hydrogens is 262 g/mol. The van der Waals surface area contributed by atoms with Gasteiger partial charge >= 0.3 is 0 Å². The predicted molar refractivity (Wildman–Crippen MR) is 88.7 cm³/mol. The molecule has 1 fully saturated rings. The molecule has 0 atom stereocenters. The fourth-order valence-corrected chi connectivity index (χ4v) is 2.72. The first kappa shape index (κ1) is 16.1. The molecule has 0 spiro atoms. The van der Waals surface area contributed by atoms with Crippen LogP contribution in [-0.4, -0.2) is 54.7 Å². The molecule has 1 aromatic rings. The van der Waals surface area contributed by atoms with Crippen molar-refractivity contribution in [3.63, 3.8) is 0 Å². The fourth-order valence-electron chi connectivity index (χ4n) is 2.72. The number of ether oxygens (including phenoxy) is 1. The number of hydrogen-bond acceptors (Lipinski definition) is 4. The zero-order chi connectivity index (χ0) is 15.3. The van der Waals surface area contributed by atoms with E-state index in [2.05, 4.69) is 30.6 Å². The molecular formula is C17H29N3O. The maximum absolute atomic E-state index is 5.74. The first-order valence-electron chi connectivity index (χ1n) is 7.91. The van der Waals surface area contributed by atoms with Crippen molar-refractivity contribution in [3.05, 3.63) is 24.3 Å². The summed E-state index contributed by atoms with van der Waals surface area (Å²) >= 11 is 0. The highest BCUT2D eigenvalue weighted by Gasteiger charge is 2.25. The van der Waals surface area contributed by atoms with Gasteiger partial charge in [0, 0.05) is 50.0 Å². The number of nitrogens with two attached hydrogens (primary N) is 1. The van der Waals surface area contributed by atoms with Gasteiger partial charge in [0.05, 0.1) is 6.61 Å². The summed E-state index contributed by atoms with van der Waals surface area (Å²) in [5.41, 5.74) is 6.78. The van der Waals surface area contributed by atoms with Gasteiger partial charge in [0.2, 0.25) is 0 Å². The normalized spacial score (nSPS) is 17.9. The second-order valence-corrected chi connectivity index (χ2v) is 6.77. The van der Waals surface area contributed by atoms with E-state index in [4.69, 9.17) is 10.5 Å². The molecule has 4 heteroatoms. The van der Waals surface area contributed by atoms with Crippen LogP contribution in [0.2, 0.25) is 0 Å². The molecule has 0 saturated carbocycles. The molecule has 0 radical (unpaired) electrons. The SMILES string of the molecule is CC(C)(C)N1CCN(CCCOc2cccc(N)c2)CC1. The van der Waals surface area contributed by atoms with Crippen LogP contribution < -0.4 is 10.5 Å². The predicted octanol–water partition coefficient (Wildman–Crippen LogP) is 2.45. The van der Waals surface area contributed by atoms with Gasteiger partial charge in [-0.15, -0.1) is 0 Å². The Balaban J connectivity index is 1.62. The molecule has 1 aromatic carbocycles. The monoisotopic (exact) mass is 291 g/mol. The molecule has 0 bridgehead atoms. The van der Waals surface area contributed by atoms with Gasteiger partial charge in [-0.05, 0) is 39.3 Å². The molecule has 0 aromatic heterocycles. The molecule has 4 nitrogen and oxygen atoms in total. The highest BCUT2D eigenvalue weighted by molar-refractivity contribution is 5.43. The molecule has 2 rings (SSSR count). The minimum atomic E-state index is 0.294. The van der Waals surface area contributed by atoms with Crippen LogP contribution in [0, 0.1) is 0 Å². The topological polar surface area (TPSA) is 41.7 Å². The van der Waals surface area contributed by atoms with Gasteiger partial charge in [0.15, 0.2) is 0 Å². The van der Waals surface area contributed by atoms with Crippen LogP contribution in [0.5, 0.6) is 5.75 Å². The van der Waals surface area contributed by atoms with Crippen molar-refractivity contribution in [1.29, 1.82) is 0 Å². The van der Waals surface area contributed by atoms with Crippen molar-refractivity contribution in [1.82, 2.24) is 9.80 Å². The lowest BCUT2D eigenvalue weighted by atomic mass is 10.0. The average Bonchev–Trinajstić information content (AvgIpc) is 2.43. The Morgan fingerprint density at radius 3 is 2.48 bits per heavy atom. The number of benzene rings is 1. The Hall–Kier alpha value is -1.26. The molecule has 1 heterocycles. The summed E-state index contributed by atoms with van der Waals surface area (Å²) in [6, 6.07) is 7.64. The molecule has 0 amide bonds. The number of hydrogen-bond donors (Lipinski definition) is 1. The Bertz CT molecular complexity index is 434. The van der Waals surface area contributed by atoms with Crippen molar-refractivity contribution in [3.8, 4) is 5.75 Å². The van der Waals surface area contributed by atoms with Gasteiger partial charge in [-0.1, -0.05) is 6.07 Å². The van der Waals surface area contributed by atoms with Crippen LogP contribution in [0.15, 0.2) is 24.3 Å². The smallest absolute Gasteiger partial charge is 0.121 e. The molecule has 0 unspecified atom stereocenters. The van der Waals surface area contributed by atoms with Crippen LogP contribution in [0.4, 0.5) is 5.69 Å². The molecule has 0 aliphatic carbocycles. The zero-order valence-electron chi connectivity index (χ0n) is 13.6. The number of rotatable bonds is 5. The lowest BCUT2D eigenvalue weighted by Gasteiger charge is -2.42. The minimum absolute atomic E-state index is 0.294. The van der Waals surface area contributed by atoms with Crippen molar-refractivity contribution in [2.75, 3.05) is 45.1 Å². The molecule has 118 valence electrons. The second kappa shape index (κ2) is 7.14. The summed E-state index contributed by atoms with van der Waals surface area (Å²) in [4.78, 5) is 5.09. The number of piperazine rings is 1. The lowest BCUT2D eigenvalue weighted by Crippen LogP contribution is -2.53. The van der Waals surface area contributed by atoms with Crippen molar-refractivity contribution < 1.29 is 4.74 Å². The van der Waals surface area contributed by atoms with E-state index in [1.807, 2.05) is 24.3 Å². The number of nitrogen functional groups attached to an aromatic ring is 1. The summed E-state index contributed by atoms with van der Waals surface area (Å²) in [7, 11) is 0. The highest BCUT2D eigenvalue weighted by Crippen LogP contribution is 2.16. The van der Waals surface area contributed by atoms with Crippen molar-refractivity contribution in [2.45, 2.75) is 32.7 Å². The Kier molecular flexibility index (Phi) is 5.48. The maximum atomic E-state index is 5.74.